The predicted molar refractivity (Wildman–Crippen MR) is 69.2 cm³/mol. The van der Waals surface area contributed by atoms with Crippen LogP contribution in [-0.4, -0.2) is 25.2 Å². The molecule has 0 unspecified atom stereocenters. The van der Waals surface area contributed by atoms with Crippen molar-refractivity contribution in [3.63, 3.8) is 0 Å². The summed E-state index contributed by atoms with van der Waals surface area (Å²) in [5.41, 5.74) is 6.53. The van der Waals surface area contributed by atoms with Crippen LogP contribution in [0.3, 0.4) is 0 Å². The third-order valence-electron chi connectivity index (χ3n) is 2.78. The lowest BCUT2D eigenvalue weighted by Crippen LogP contribution is -2.25. The highest BCUT2D eigenvalue weighted by molar-refractivity contribution is 5.93. The Bertz CT molecular complexity index is 372. The van der Waals surface area contributed by atoms with Gasteiger partial charge in [-0.3, -0.25) is 4.79 Å². The summed E-state index contributed by atoms with van der Waals surface area (Å²) in [7, 11) is 1.71. The van der Waals surface area contributed by atoms with Gasteiger partial charge in [0.25, 0.3) is 0 Å². The molecule has 1 aromatic carbocycles. The van der Waals surface area contributed by atoms with E-state index in [1.165, 1.54) is 0 Å². The topological polar surface area (TPSA) is 64.3 Å². The van der Waals surface area contributed by atoms with Crippen molar-refractivity contribution < 1.29 is 9.53 Å². The lowest BCUT2D eigenvalue weighted by molar-refractivity contribution is 0.0185. The number of carbonyl (C=O) groups is 1. The molecule has 1 amide bonds. The number of rotatable bonds is 6. The summed E-state index contributed by atoms with van der Waals surface area (Å²) in [6.07, 6.45) is 0.904. The molecule has 0 saturated carbocycles. The van der Waals surface area contributed by atoms with Gasteiger partial charge in [0, 0.05) is 24.9 Å². The Kier molecular flexibility index (Phi) is 4.52. The van der Waals surface area contributed by atoms with E-state index in [4.69, 9.17) is 10.5 Å². The van der Waals surface area contributed by atoms with Gasteiger partial charge < -0.3 is 15.8 Å². The van der Waals surface area contributed by atoms with Crippen LogP contribution in [0.1, 0.15) is 30.6 Å². The second kappa shape index (κ2) is 5.68. The second-order valence-electron chi connectivity index (χ2n) is 4.58. The zero-order valence-electron chi connectivity index (χ0n) is 10.6. The van der Waals surface area contributed by atoms with E-state index in [0.717, 1.165) is 18.7 Å². The number of hydrogen-bond donors (Lipinski definition) is 2. The fourth-order valence-corrected chi connectivity index (χ4v) is 1.36. The van der Waals surface area contributed by atoms with Crippen molar-refractivity contribution in [1.82, 2.24) is 0 Å². The number of methoxy groups -OCH3 is 1. The molecule has 1 aromatic rings. The molecule has 0 spiro atoms. The third-order valence-corrected chi connectivity index (χ3v) is 2.78. The van der Waals surface area contributed by atoms with Crippen LogP contribution in [0.25, 0.3) is 0 Å². The molecule has 0 radical (unpaired) electrons. The summed E-state index contributed by atoms with van der Waals surface area (Å²) >= 11 is 0. The third kappa shape index (κ3) is 4.44. The summed E-state index contributed by atoms with van der Waals surface area (Å²) in [4.78, 5) is 10.9. The molecular weight excluding hydrogens is 216 g/mol. The summed E-state index contributed by atoms with van der Waals surface area (Å²) in [5, 5.41) is 3.27. The smallest absolute Gasteiger partial charge is 0.248 e. The van der Waals surface area contributed by atoms with Gasteiger partial charge in [0.1, 0.15) is 0 Å². The fraction of sp³-hybridized carbons (Fsp3) is 0.462. The molecule has 0 atom stereocenters. The Morgan fingerprint density at radius 3 is 2.41 bits per heavy atom. The average Bonchev–Trinajstić information content (AvgIpc) is 2.29. The van der Waals surface area contributed by atoms with Gasteiger partial charge in [0.15, 0.2) is 0 Å². The van der Waals surface area contributed by atoms with Crippen molar-refractivity contribution in [2.24, 2.45) is 5.73 Å². The molecule has 4 heteroatoms. The van der Waals surface area contributed by atoms with Crippen LogP contribution in [-0.2, 0) is 4.74 Å². The van der Waals surface area contributed by atoms with Crippen LogP contribution >= 0.6 is 0 Å². The molecule has 0 fully saturated rings. The van der Waals surface area contributed by atoms with E-state index in [1.807, 2.05) is 26.0 Å². The first kappa shape index (κ1) is 13.5. The van der Waals surface area contributed by atoms with Gasteiger partial charge in [-0.25, -0.2) is 0 Å². The van der Waals surface area contributed by atoms with Gasteiger partial charge in [0.05, 0.1) is 5.60 Å². The standard InChI is InChI=1S/C13H20N2O2/c1-13(2,17-3)8-9-15-11-6-4-10(5-7-11)12(14)16/h4-7,15H,8-9H2,1-3H3,(H2,14,16). The zero-order chi connectivity index (χ0) is 12.9. The van der Waals surface area contributed by atoms with E-state index in [-0.39, 0.29) is 5.60 Å². The second-order valence-corrected chi connectivity index (χ2v) is 4.58. The molecule has 0 aliphatic rings. The molecule has 4 nitrogen and oxygen atoms in total. The monoisotopic (exact) mass is 236 g/mol. The number of ether oxygens (including phenoxy) is 1. The van der Waals surface area contributed by atoms with Gasteiger partial charge in [0.2, 0.25) is 5.91 Å². The van der Waals surface area contributed by atoms with Crippen LogP contribution < -0.4 is 11.1 Å². The highest BCUT2D eigenvalue weighted by Gasteiger charge is 2.15. The fourth-order valence-electron chi connectivity index (χ4n) is 1.36. The molecule has 1 rings (SSSR count). The molecule has 3 N–H and O–H groups in total. The Labute approximate surface area is 102 Å². The van der Waals surface area contributed by atoms with E-state index >= 15 is 0 Å². The van der Waals surface area contributed by atoms with Crippen molar-refractivity contribution in [3.8, 4) is 0 Å². The van der Waals surface area contributed by atoms with E-state index < -0.39 is 5.91 Å². The SMILES string of the molecule is COC(C)(C)CCNc1ccc(C(N)=O)cc1. The Hall–Kier alpha value is -1.55. The number of anilines is 1. The van der Waals surface area contributed by atoms with Crippen LogP contribution in [0.4, 0.5) is 5.69 Å². The Balaban J connectivity index is 2.45. The molecule has 0 heterocycles. The largest absolute Gasteiger partial charge is 0.385 e. The number of primary amides is 1. The van der Waals surface area contributed by atoms with Crippen molar-refractivity contribution >= 4 is 11.6 Å². The first-order valence-electron chi connectivity index (χ1n) is 5.63. The van der Waals surface area contributed by atoms with Crippen LogP contribution in [0, 0.1) is 0 Å². The Morgan fingerprint density at radius 2 is 1.94 bits per heavy atom. The van der Waals surface area contributed by atoms with E-state index in [0.29, 0.717) is 5.56 Å². The molecule has 0 aliphatic heterocycles. The highest BCUT2D eigenvalue weighted by atomic mass is 16.5. The summed E-state index contributed by atoms with van der Waals surface area (Å²) in [6.45, 7) is 4.91. The number of amides is 1. The summed E-state index contributed by atoms with van der Waals surface area (Å²) in [6, 6.07) is 7.12. The highest BCUT2D eigenvalue weighted by Crippen LogP contribution is 2.14. The van der Waals surface area contributed by atoms with Crippen molar-refractivity contribution in [2.75, 3.05) is 19.0 Å². The lowest BCUT2D eigenvalue weighted by Gasteiger charge is -2.23. The number of carbonyl (C=O) groups excluding carboxylic acids is 1. The minimum Gasteiger partial charge on any atom is -0.385 e. The number of nitrogens with two attached hydrogens (primary N) is 1. The van der Waals surface area contributed by atoms with Crippen molar-refractivity contribution in [3.05, 3.63) is 29.8 Å². The van der Waals surface area contributed by atoms with Gasteiger partial charge in [-0.2, -0.15) is 0 Å². The van der Waals surface area contributed by atoms with Gasteiger partial charge >= 0.3 is 0 Å². The molecule has 17 heavy (non-hydrogen) atoms. The molecule has 0 aromatic heterocycles. The first-order valence-corrected chi connectivity index (χ1v) is 5.63. The maximum atomic E-state index is 10.9. The van der Waals surface area contributed by atoms with Gasteiger partial charge in [-0.05, 0) is 44.5 Å². The minimum atomic E-state index is -0.405. The maximum absolute atomic E-state index is 10.9. The molecular formula is C13H20N2O2. The molecule has 0 bridgehead atoms. The molecule has 94 valence electrons. The normalized spacial score (nSPS) is 11.2. The lowest BCUT2D eigenvalue weighted by atomic mass is 10.1. The van der Waals surface area contributed by atoms with Crippen molar-refractivity contribution in [1.29, 1.82) is 0 Å². The van der Waals surface area contributed by atoms with E-state index in [1.54, 1.807) is 19.2 Å². The average molecular weight is 236 g/mol. The quantitative estimate of drug-likeness (QED) is 0.794. The van der Waals surface area contributed by atoms with Crippen LogP contribution in [0.15, 0.2) is 24.3 Å². The zero-order valence-corrected chi connectivity index (χ0v) is 10.6. The summed E-state index contributed by atoms with van der Waals surface area (Å²) in [5.74, 6) is -0.405. The Morgan fingerprint density at radius 1 is 1.35 bits per heavy atom. The van der Waals surface area contributed by atoms with Gasteiger partial charge in [-0.1, -0.05) is 0 Å². The van der Waals surface area contributed by atoms with Crippen LogP contribution in [0.2, 0.25) is 0 Å². The first-order chi connectivity index (χ1) is 7.94. The van der Waals surface area contributed by atoms with E-state index in [9.17, 15) is 4.79 Å². The van der Waals surface area contributed by atoms with E-state index in [2.05, 4.69) is 5.32 Å². The number of nitrogens with one attached hydrogen (secondary N) is 1. The van der Waals surface area contributed by atoms with Crippen molar-refractivity contribution in [2.45, 2.75) is 25.9 Å². The van der Waals surface area contributed by atoms with Crippen LogP contribution in [0.5, 0.6) is 0 Å². The molecule has 0 saturated heterocycles. The number of benzene rings is 1. The number of hydrogen-bond acceptors (Lipinski definition) is 3. The summed E-state index contributed by atoms with van der Waals surface area (Å²) < 4.78 is 5.32. The molecule has 0 aliphatic carbocycles. The minimum absolute atomic E-state index is 0.125. The van der Waals surface area contributed by atoms with Gasteiger partial charge in [-0.15, -0.1) is 0 Å². The maximum Gasteiger partial charge on any atom is 0.248 e. The predicted octanol–water partition coefficient (Wildman–Crippen LogP) is 2.01.